The highest BCUT2D eigenvalue weighted by atomic mass is 19.4. The van der Waals surface area contributed by atoms with E-state index in [1.807, 2.05) is 0 Å². The van der Waals surface area contributed by atoms with Crippen molar-refractivity contribution in [1.29, 1.82) is 0 Å². The van der Waals surface area contributed by atoms with Gasteiger partial charge in [0.2, 0.25) is 0 Å². The molecule has 0 saturated carbocycles. The first-order valence-electron chi connectivity index (χ1n) is 5.37. The van der Waals surface area contributed by atoms with Gasteiger partial charge in [0.15, 0.2) is 5.92 Å². The Hall–Kier alpha value is -1.57. The molecule has 0 spiro atoms. The van der Waals surface area contributed by atoms with E-state index in [0.717, 1.165) is 0 Å². The molecule has 0 aliphatic heterocycles. The minimum Gasteiger partial charge on any atom is -0.170 e. The van der Waals surface area contributed by atoms with Gasteiger partial charge >= 0.3 is 30.9 Å². The van der Waals surface area contributed by atoms with E-state index in [4.69, 9.17) is 0 Å². The number of halogens is 15. The second kappa shape index (κ2) is 6.63. The van der Waals surface area contributed by atoms with Crippen LogP contribution in [0.15, 0.2) is 23.3 Å². The Balaban J connectivity index is 6.58. The summed E-state index contributed by atoms with van der Waals surface area (Å²) in [5.41, 5.74) is -8.03. The molecule has 0 heterocycles. The summed E-state index contributed by atoms with van der Waals surface area (Å²) in [5.74, 6) is -4.71. The molecule has 148 valence electrons. The zero-order valence-electron chi connectivity index (χ0n) is 10.9. The van der Waals surface area contributed by atoms with Gasteiger partial charge in [-0.1, -0.05) is 12.2 Å². The lowest BCUT2D eigenvalue weighted by molar-refractivity contribution is -0.267. The van der Waals surface area contributed by atoms with Gasteiger partial charge in [-0.15, -0.1) is 0 Å². The first kappa shape index (κ1) is 23.4. The molecule has 0 bridgehead atoms. The number of alkyl halides is 15. The molecule has 0 saturated heterocycles. The fourth-order valence-electron chi connectivity index (χ4n) is 1.38. The maximum Gasteiger partial charge on any atom is 0.421 e. The highest BCUT2D eigenvalue weighted by Gasteiger charge is 2.58. The van der Waals surface area contributed by atoms with Crippen LogP contribution in [0.1, 0.15) is 0 Å². The lowest BCUT2D eigenvalue weighted by Gasteiger charge is -2.22. The SMILES string of the molecule is FC(F)(F)C(C=CC(C(F)(F)F)C(F)(F)F)=C(C(F)(F)F)C(F)(F)F. The normalized spacial score (nSPS) is 15.2. The van der Waals surface area contributed by atoms with Gasteiger partial charge in [0.1, 0.15) is 5.57 Å². The van der Waals surface area contributed by atoms with Crippen LogP contribution in [0, 0.1) is 5.92 Å². The molecule has 0 aliphatic carbocycles. The molecule has 0 N–H and O–H groups in total. The largest absolute Gasteiger partial charge is 0.421 e. The first-order chi connectivity index (χ1) is 10.6. The Kier molecular flexibility index (Phi) is 6.21. The molecule has 0 aliphatic rings. The van der Waals surface area contributed by atoms with Crippen LogP contribution < -0.4 is 0 Å². The predicted molar refractivity (Wildman–Crippen MR) is 49.9 cm³/mol. The standard InChI is InChI=1S/C10H3F15/c11-6(12,13)3(5(9(20,21)22)10(23,24)25)1-2-4(7(14,15)16)8(17,18)19/h1-2,4H. The van der Waals surface area contributed by atoms with Crippen molar-refractivity contribution < 1.29 is 65.9 Å². The Morgan fingerprint density at radius 2 is 0.840 bits per heavy atom. The van der Waals surface area contributed by atoms with Crippen LogP contribution in [0.4, 0.5) is 65.9 Å². The lowest BCUT2D eigenvalue weighted by atomic mass is 10.0. The Bertz CT molecular complexity index is 485. The molecule has 0 nitrogen and oxygen atoms in total. The van der Waals surface area contributed by atoms with Crippen LogP contribution in [0.5, 0.6) is 0 Å². The summed E-state index contributed by atoms with van der Waals surface area (Å²) in [6.45, 7) is 0. The molecule has 25 heavy (non-hydrogen) atoms. The fraction of sp³-hybridized carbons (Fsp3) is 0.600. The smallest absolute Gasteiger partial charge is 0.170 e. The van der Waals surface area contributed by atoms with Gasteiger partial charge in [0, 0.05) is 0 Å². The third-order valence-electron chi connectivity index (χ3n) is 2.30. The van der Waals surface area contributed by atoms with Crippen LogP contribution in [0.3, 0.4) is 0 Å². The monoisotopic (exact) mass is 408 g/mol. The zero-order valence-corrected chi connectivity index (χ0v) is 10.9. The van der Waals surface area contributed by atoms with E-state index in [2.05, 4.69) is 0 Å². The van der Waals surface area contributed by atoms with Crippen molar-refractivity contribution in [3.8, 4) is 0 Å². The lowest BCUT2D eigenvalue weighted by Crippen LogP contribution is -2.35. The first-order valence-corrected chi connectivity index (χ1v) is 5.37. The Morgan fingerprint density at radius 1 is 0.520 bits per heavy atom. The Labute approximate surface area is 127 Å². The van der Waals surface area contributed by atoms with E-state index in [1.54, 1.807) is 0 Å². The summed E-state index contributed by atoms with van der Waals surface area (Å²) < 4.78 is 183. The summed E-state index contributed by atoms with van der Waals surface area (Å²) in [7, 11) is 0. The molecule has 0 radical (unpaired) electrons. The summed E-state index contributed by atoms with van der Waals surface area (Å²) in [6, 6.07) is 0. The van der Waals surface area contributed by atoms with Gasteiger partial charge in [-0.25, -0.2) is 0 Å². The second-order valence-corrected chi connectivity index (χ2v) is 4.20. The third kappa shape index (κ3) is 6.68. The molecule has 0 unspecified atom stereocenters. The minimum absolute atomic E-state index is 1.47. The molecule has 0 fully saturated rings. The van der Waals surface area contributed by atoms with Gasteiger partial charge < -0.3 is 0 Å². The van der Waals surface area contributed by atoms with E-state index in [0.29, 0.717) is 0 Å². The third-order valence-corrected chi connectivity index (χ3v) is 2.30. The van der Waals surface area contributed by atoms with Gasteiger partial charge in [-0.2, -0.15) is 65.9 Å². The molecule has 0 atom stereocenters. The van der Waals surface area contributed by atoms with Gasteiger partial charge in [-0.3, -0.25) is 0 Å². The molecule has 0 aromatic carbocycles. The van der Waals surface area contributed by atoms with E-state index in [9.17, 15) is 65.9 Å². The van der Waals surface area contributed by atoms with Crippen molar-refractivity contribution in [2.45, 2.75) is 30.9 Å². The molecule has 15 heteroatoms. The number of allylic oxidation sites excluding steroid dienone is 4. The second-order valence-electron chi connectivity index (χ2n) is 4.20. The molecular formula is C10H3F15. The minimum atomic E-state index is -6.75. The van der Waals surface area contributed by atoms with Crippen LogP contribution in [-0.4, -0.2) is 30.9 Å². The van der Waals surface area contributed by atoms with Crippen molar-refractivity contribution >= 4 is 0 Å². The van der Waals surface area contributed by atoms with Crippen LogP contribution in [0.25, 0.3) is 0 Å². The van der Waals surface area contributed by atoms with Crippen molar-refractivity contribution in [1.82, 2.24) is 0 Å². The van der Waals surface area contributed by atoms with E-state index in [1.165, 1.54) is 0 Å². The molecule has 0 rings (SSSR count). The molecule has 0 aromatic heterocycles. The van der Waals surface area contributed by atoms with Crippen molar-refractivity contribution in [3.63, 3.8) is 0 Å². The fourth-order valence-corrected chi connectivity index (χ4v) is 1.38. The van der Waals surface area contributed by atoms with E-state index in [-0.39, 0.29) is 0 Å². The maximum absolute atomic E-state index is 12.4. The number of rotatable bonds is 2. The molecule has 0 amide bonds. The summed E-state index contributed by atoms with van der Waals surface area (Å²) in [6.07, 6.45) is -35.7. The highest BCUT2D eigenvalue weighted by Crippen LogP contribution is 2.46. The summed E-state index contributed by atoms with van der Waals surface area (Å²) in [5, 5.41) is 0. The van der Waals surface area contributed by atoms with Crippen LogP contribution in [0.2, 0.25) is 0 Å². The molecule has 0 aromatic rings. The predicted octanol–water partition coefficient (Wildman–Crippen LogP) is 6.27. The van der Waals surface area contributed by atoms with Crippen molar-refractivity contribution in [2.75, 3.05) is 0 Å². The van der Waals surface area contributed by atoms with E-state index < -0.39 is 60.1 Å². The quantitative estimate of drug-likeness (QED) is 0.374. The zero-order chi connectivity index (χ0) is 20.6. The van der Waals surface area contributed by atoms with Crippen molar-refractivity contribution in [2.24, 2.45) is 5.92 Å². The van der Waals surface area contributed by atoms with E-state index >= 15 is 0 Å². The average Bonchev–Trinajstić information content (AvgIpc) is 2.17. The molecular weight excluding hydrogens is 405 g/mol. The van der Waals surface area contributed by atoms with Gasteiger partial charge in [-0.05, 0) is 0 Å². The van der Waals surface area contributed by atoms with Gasteiger partial charge in [0.25, 0.3) is 0 Å². The maximum atomic E-state index is 12.4. The number of hydrogen-bond donors (Lipinski definition) is 0. The van der Waals surface area contributed by atoms with Crippen LogP contribution >= 0.6 is 0 Å². The number of hydrogen-bond acceptors (Lipinski definition) is 0. The summed E-state index contributed by atoms with van der Waals surface area (Å²) >= 11 is 0. The topological polar surface area (TPSA) is 0 Å². The highest BCUT2D eigenvalue weighted by molar-refractivity contribution is 5.36. The average molecular weight is 408 g/mol. The summed E-state index contributed by atoms with van der Waals surface area (Å²) in [4.78, 5) is 0. The van der Waals surface area contributed by atoms with Gasteiger partial charge in [0.05, 0.1) is 5.57 Å². The van der Waals surface area contributed by atoms with Crippen molar-refractivity contribution in [3.05, 3.63) is 23.3 Å². The van der Waals surface area contributed by atoms with Crippen LogP contribution in [-0.2, 0) is 0 Å². The Morgan fingerprint density at radius 3 is 1.04 bits per heavy atom.